The SMILES string of the molecule is CCCCCc1nc(-n2ccnc2-c2ccccc2)nn1-c1ccccc1. The third kappa shape index (κ3) is 3.67. The quantitative estimate of drug-likeness (QED) is 0.444. The van der Waals surface area contributed by atoms with Crippen LogP contribution >= 0.6 is 0 Å². The molecule has 0 unspecified atom stereocenters. The molecule has 0 spiro atoms. The summed E-state index contributed by atoms with van der Waals surface area (Å²) >= 11 is 0. The lowest BCUT2D eigenvalue weighted by Gasteiger charge is -2.05. The van der Waals surface area contributed by atoms with Gasteiger partial charge in [0, 0.05) is 24.4 Å². The maximum atomic E-state index is 4.86. The van der Waals surface area contributed by atoms with Gasteiger partial charge in [-0.2, -0.15) is 4.98 Å². The van der Waals surface area contributed by atoms with Crippen LogP contribution in [0.2, 0.25) is 0 Å². The molecule has 0 fully saturated rings. The van der Waals surface area contributed by atoms with Crippen LogP contribution in [-0.4, -0.2) is 24.3 Å². The zero-order valence-electron chi connectivity index (χ0n) is 15.5. The zero-order valence-corrected chi connectivity index (χ0v) is 15.5. The lowest BCUT2D eigenvalue weighted by molar-refractivity contribution is 0.673. The normalized spacial score (nSPS) is 11.0. The van der Waals surface area contributed by atoms with Crippen LogP contribution in [0.1, 0.15) is 32.0 Å². The summed E-state index contributed by atoms with van der Waals surface area (Å²) in [6.07, 6.45) is 8.11. The maximum absolute atomic E-state index is 4.86. The van der Waals surface area contributed by atoms with Crippen molar-refractivity contribution in [3.05, 3.63) is 78.9 Å². The summed E-state index contributed by atoms with van der Waals surface area (Å²) in [5.74, 6) is 2.49. The fourth-order valence-electron chi connectivity index (χ4n) is 3.17. The molecule has 2 heterocycles. The topological polar surface area (TPSA) is 48.5 Å². The van der Waals surface area contributed by atoms with Crippen molar-refractivity contribution < 1.29 is 0 Å². The first-order valence-electron chi connectivity index (χ1n) is 9.47. The number of unbranched alkanes of at least 4 members (excludes halogenated alkanes) is 2. The third-order valence-electron chi connectivity index (χ3n) is 4.56. The summed E-state index contributed by atoms with van der Waals surface area (Å²) in [5, 5.41) is 4.82. The molecule has 0 aliphatic heterocycles. The van der Waals surface area contributed by atoms with E-state index in [2.05, 4.69) is 36.2 Å². The number of para-hydroxylation sites is 1. The first-order valence-corrected chi connectivity index (χ1v) is 9.47. The Balaban J connectivity index is 1.75. The van der Waals surface area contributed by atoms with E-state index in [0.29, 0.717) is 5.95 Å². The molecular formula is C22H23N5. The van der Waals surface area contributed by atoms with Gasteiger partial charge in [-0.3, -0.25) is 4.57 Å². The van der Waals surface area contributed by atoms with Gasteiger partial charge in [-0.1, -0.05) is 68.3 Å². The highest BCUT2D eigenvalue weighted by Gasteiger charge is 2.16. The van der Waals surface area contributed by atoms with Gasteiger partial charge in [0.05, 0.1) is 5.69 Å². The van der Waals surface area contributed by atoms with Crippen molar-refractivity contribution in [1.29, 1.82) is 0 Å². The minimum atomic E-state index is 0.654. The van der Waals surface area contributed by atoms with Gasteiger partial charge in [0.25, 0.3) is 5.95 Å². The number of nitrogens with zero attached hydrogens (tertiary/aromatic N) is 5. The average Bonchev–Trinajstić information content (AvgIpc) is 3.37. The molecule has 0 amide bonds. The fraction of sp³-hybridized carbons (Fsp3) is 0.227. The molecule has 0 atom stereocenters. The molecule has 2 aromatic heterocycles. The molecule has 4 rings (SSSR count). The van der Waals surface area contributed by atoms with E-state index in [0.717, 1.165) is 35.7 Å². The predicted octanol–water partition coefficient (Wildman–Crippen LogP) is 4.85. The van der Waals surface area contributed by atoms with E-state index in [1.54, 1.807) is 6.20 Å². The summed E-state index contributed by atoms with van der Waals surface area (Å²) in [4.78, 5) is 9.39. The maximum Gasteiger partial charge on any atom is 0.255 e. The summed E-state index contributed by atoms with van der Waals surface area (Å²) in [5.41, 5.74) is 2.08. The Morgan fingerprint density at radius 2 is 1.63 bits per heavy atom. The lowest BCUT2D eigenvalue weighted by atomic mass is 10.2. The largest absolute Gasteiger partial charge is 0.266 e. The molecule has 0 aliphatic carbocycles. The first kappa shape index (κ1) is 17.2. The molecule has 0 saturated heterocycles. The first-order chi connectivity index (χ1) is 13.4. The van der Waals surface area contributed by atoms with Crippen LogP contribution in [-0.2, 0) is 6.42 Å². The lowest BCUT2D eigenvalue weighted by Crippen LogP contribution is -2.03. The Morgan fingerprint density at radius 1 is 0.889 bits per heavy atom. The number of hydrogen-bond donors (Lipinski definition) is 0. The smallest absolute Gasteiger partial charge is 0.255 e. The van der Waals surface area contributed by atoms with E-state index in [1.807, 2.05) is 51.8 Å². The Hall–Kier alpha value is -3.21. The van der Waals surface area contributed by atoms with E-state index in [4.69, 9.17) is 10.1 Å². The van der Waals surface area contributed by atoms with Crippen LogP contribution in [0.15, 0.2) is 73.1 Å². The summed E-state index contributed by atoms with van der Waals surface area (Å²) in [7, 11) is 0. The standard InChI is InChI=1S/C22H23N5/c1-2-3-6-15-20-24-22(25-27(20)19-13-9-5-10-14-19)26-17-16-23-21(26)18-11-7-4-8-12-18/h4-5,7-14,16-17H,2-3,6,15H2,1H3. The minimum Gasteiger partial charge on any atom is -0.266 e. The molecule has 0 bridgehead atoms. The highest BCUT2D eigenvalue weighted by molar-refractivity contribution is 5.57. The van der Waals surface area contributed by atoms with Crippen molar-refractivity contribution in [2.24, 2.45) is 0 Å². The molecule has 0 saturated carbocycles. The summed E-state index contributed by atoms with van der Waals surface area (Å²) in [6, 6.07) is 20.3. The Morgan fingerprint density at radius 3 is 2.37 bits per heavy atom. The number of aromatic nitrogens is 5. The molecule has 0 radical (unpaired) electrons. The second-order valence-corrected chi connectivity index (χ2v) is 6.52. The van der Waals surface area contributed by atoms with Crippen molar-refractivity contribution in [1.82, 2.24) is 24.3 Å². The highest BCUT2D eigenvalue weighted by Crippen LogP contribution is 2.21. The third-order valence-corrected chi connectivity index (χ3v) is 4.56. The predicted molar refractivity (Wildman–Crippen MR) is 107 cm³/mol. The van der Waals surface area contributed by atoms with E-state index in [-0.39, 0.29) is 0 Å². The van der Waals surface area contributed by atoms with Crippen molar-refractivity contribution in [3.63, 3.8) is 0 Å². The molecule has 136 valence electrons. The van der Waals surface area contributed by atoms with Crippen molar-refractivity contribution >= 4 is 0 Å². The molecule has 27 heavy (non-hydrogen) atoms. The number of hydrogen-bond acceptors (Lipinski definition) is 3. The van der Waals surface area contributed by atoms with Crippen LogP contribution in [0.5, 0.6) is 0 Å². The monoisotopic (exact) mass is 357 g/mol. The van der Waals surface area contributed by atoms with Gasteiger partial charge in [-0.15, -0.1) is 5.10 Å². The second-order valence-electron chi connectivity index (χ2n) is 6.52. The number of imidazole rings is 1. The van der Waals surface area contributed by atoms with Gasteiger partial charge < -0.3 is 0 Å². The van der Waals surface area contributed by atoms with Gasteiger partial charge in [0.1, 0.15) is 11.6 Å². The van der Waals surface area contributed by atoms with Crippen LogP contribution in [0.4, 0.5) is 0 Å². The van der Waals surface area contributed by atoms with Crippen molar-refractivity contribution in [3.8, 4) is 23.0 Å². The van der Waals surface area contributed by atoms with Crippen LogP contribution in [0, 0.1) is 0 Å². The zero-order chi connectivity index (χ0) is 18.5. The number of aryl methyl sites for hydroxylation is 1. The molecule has 5 nitrogen and oxygen atoms in total. The van der Waals surface area contributed by atoms with Crippen LogP contribution in [0.3, 0.4) is 0 Å². The van der Waals surface area contributed by atoms with Gasteiger partial charge in [0.2, 0.25) is 0 Å². The van der Waals surface area contributed by atoms with Crippen LogP contribution in [0.25, 0.3) is 23.0 Å². The highest BCUT2D eigenvalue weighted by atomic mass is 15.4. The Kier molecular flexibility index (Phi) is 5.10. The van der Waals surface area contributed by atoms with Crippen molar-refractivity contribution in [2.45, 2.75) is 32.6 Å². The fourth-order valence-corrected chi connectivity index (χ4v) is 3.17. The number of rotatable bonds is 7. The molecule has 4 aromatic rings. The van der Waals surface area contributed by atoms with Gasteiger partial charge >= 0.3 is 0 Å². The molecule has 5 heteroatoms. The van der Waals surface area contributed by atoms with E-state index >= 15 is 0 Å². The molecular weight excluding hydrogens is 334 g/mol. The van der Waals surface area contributed by atoms with E-state index < -0.39 is 0 Å². The average molecular weight is 357 g/mol. The Labute approximate surface area is 159 Å². The van der Waals surface area contributed by atoms with E-state index in [1.165, 1.54) is 12.8 Å². The molecule has 2 aromatic carbocycles. The summed E-state index contributed by atoms with van der Waals surface area (Å²) in [6.45, 7) is 2.21. The van der Waals surface area contributed by atoms with Gasteiger partial charge in [-0.05, 0) is 18.6 Å². The van der Waals surface area contributed by atoms with E-state index in [9.17, 15) is 0 Å². The Bertz CT molecular complexity index is 986. The van der Waals surface area contributed by atoms with Crippen LogP contribution < -0.4 is 0 Å². The molecule has 0 N–H and O–H groups in total. The number of benzene rings is 2. The minimum absolute atomic E-state index is 0.654. The van der Waals surface area contributed by atoms with Gasteiger partial charge in [-0.25, -0.2) is 9.67 Å². The van der Waals surface area contributed by atoms with Crippen molar-refractivity contribution in [2.75, 3.05) is 0 Å². The molecule has 0 aliphatic rings. The summed E-state index contributed by atoms with van der Waals surface area (Å²) < 4.78 is 3.91. The van der Waals surface area contributed by atoms with Gasteiger partial charge in [0.15, 0.2) is 0 Å². The second kappa shape index (κ2) is 7.99.